The Kier molecular flexibility index (Phi) is 7.28. The Hall–Kier alpha value is -1.30. The van der Waals surface area contributed by atoms with E-state index in [9.17, 15) is 9.59 Å². The van der Waals surface area contributed by atoms with Crippen molar-refractivity contribution in [1.29, 1.82) is 0 Å². The van der Waals surface area contributed by atoms with Crippen LogP contribution in [0.15, 0.2) is 0 Å². The summed E-state index contributed by atoms with van der Waals surface area (Å²) in [6.45, 7) is 6.52. The van der Waals surface area contributed by atoms with Gasteiger partial charge in [0.15, 0.2) is 6.17 Å². The van der Waals surface area contributed by atoms with Crippen molar-refractivity contribution in [2.75, 3.05) is 26.8 Å². The van der Waals surface area contributed by atoms with Gasteiger partial charge in [-0.15, -0.1) is 0 Å². The van der Waals surface area contributed by atoms with Crippen LogP contribution in [0.5, 0.6) is 0 Å². The number of methoxy groups -OCH3 is 1. The van der Waals surface area contributed by atoms with Crippen molar-refractivity contribution in [1.82, 2.24) is 10.2 Å². The number of amides is 1. The summed E-state index contributed by atoms with van der Waals surface area (Å²) in [7, 11) is 1.28. The minimum Gasteiger partial charge on any atom is -0.463 e. The molecule has 6 nitrogen and oxygen atoms in total. The molecule has 0 aromatic rings. The van der Waals surface area contributed by atoms with Gasteiger partial charge in [-0.25, -0.2) is 9.59 Å². The Morgan fingerprint density at radius 1 is 1.31 bits per heavy atom. The first-order valence-corrected chi connectivity index (χ1v) is 5.36. The van der Waals surface area contributed by atoms with Crippen LogP contribution in [0.25, 0.3) is 0 Å². The SMILES string of the molecule is CCNC(C(=O)OCC)N(CC)C(=O)OC. The van der Waals surface area contributed by atoms with Crippen LogP contribution in [0.4, 0.5) is 4.79 Å². The van der Waals surface area contributed by atoms with Gasteiger partial charge in [0.25, 0.3) is 0 Å². The van der Waals surface area contributed by atoms with E-state index in [1.807, 2.05) is 6.92 Å². The molecular weight excluding hydrogens is 212 g/mol. The molecule has 0 aromatic heterocycles. The molecule has 0 radical (unpaired) electrons. The molecule has 0 heterocycles. The Labute approximate surface area is 95.9 Å². The molecule has 6 heteroatoms. The second-order valence-electron chi connectivity index (χ2n) is 2.97. The quantitative estimate of drug-likeness (QED) is 0.535. The lowest BCUT2D eigenvalue weighted by molar-refractivity contribution is -0.150. The molecule has 0 aliphatic carbocycles. The average molecular weight is 232 g/mol. The summed E-state index contributed by atoms with van der Waals surface area (Å²) in [6.07, 6.45) is -1.34. The number of carbonyl (C=O) groups is 2. The highest BCUT2D eigenvalue weighted by Gasteiger charge is 2.29. The molecule has 0 bridgehead atoms. The van der Waals surface area contributed by atoms with Crippen LogP contribution in [0.2, 0.25) is 0 Å². The van der Waals surface area contributed by atoms with Crippen LogP contribution in [-0.4, -0.2) is 49.9 Å². The number of carbonyl (C=O) groups excluding carboxylic acids is 2. The third kappa shape index (κ3) is 4.06. The van der Waals surface area contributed by atoms with E-state index < -0.39 is 18.2 Å². The molecule has 1 amide bonds. The van der Waals surface area contributed by atoms with Gasteiger partial charge in [-0.2, -0.15) is 0 Å². The van der Waals surface area contributed by atoms with Crippen LogP contribution in [0.1, 0.15) is 20.8 Å². The van der Waals surface area contributed by atoms with Crippen molar-refractivity contribution in [2.45, 2.75) is 26.9 Å². The van der Waals surface area contributed by atoms with Crippen LogP contribution in [0.3, 0.4) is 0 Å². The lowest BCUT2D eigenvalue weighted by Crippen LogP contribution is -2.54. The van der Waals surface area contributed by atoms with Gasteiger partial charge in [0.05, 0.1) is 13.7 Å². The number of hydrogen-bond acceptors (Lipinski definition) is 5. The Morgan fingerprint density at radius 3 is 2.31 bits per heavy atom. The van der Waals surface area contributed by atoms with Crippen LogP contribution < -0.4 is 5.32 Å². The van der Waals surface area contributed by atoms with E-state index >= 15 is 0 Å². The molecule has 1 unspecified atom stereocenters. The number of esters is 1. The normalized spacial score (nSPS) is 11.8. The van der Waals surface area contributed by atoms with E-state index in [0.717, 1.165) is 0 Å². The summed E-state index contributed by atoms with van der Waals surface area (Å²) in [5.41, 5.74) is 0. The Balaban J connectivity index is 4.70. The molecule has 0 rings (SSSR count). The Bertz CT molecular complexity index is 233. The van der Waals surface area contributed by atoms with Gasteiger partial charge in [-0.3, -0.25) is 10.2 Å². The summed E-state index contributed by atoms with van der Waals surface area (Å²) in [5.74, 6) is -0.475. The van der Waals surface area contributed by atoms with Gasteiger partial charge in [0, 0.05) is 6.54 Å². The predicted molar refractivity (Wildman–Crippen MR) is 58.9 cm³/mol. The second-order valence-corrected chi connectivity index (χ2v) is 2.97. The van der Waals surface area contributed by atoms with Gasteiger partial charge >= 0.3 is 12.1 Å². The maximum absolute atomic E-state index is 11.6. The van der Waals surface area contributed by atoms with Gasteiger partial charge in [0.2, 0.25) is 0 Å². The molecule has 0 saturated carbocycles. The van der Waals surface area contributed by atoms with Gasteiger partial charge < -0.3 is 9.47 Å². The predicted octanol–water partition coefficient (Wildman–Crippen LogP) is 0.573. The van der Waals surface area contributed by atoms with E-state index in [2.05, 4.69) is 10.1 Å². The van der Waals surface area contributed by atoms with E-state index in [1.165, 1.54) is 12.0 Å². The third-order valence-corrected chi connectivity index (χ3v) is 1.97. The minimum absolute atomic E-state index is 0.277. The van der Waals surface area contributed by atoms with Crippen molar-refractivity contribution in [3.05, 3.63) is 0 Å². The number of rotatable bonds is 6. The van der Waals surface area contributed by atoms with Crippen molar-refractivity contribution in [3.63, 3.8) is 0 Å². The van der Waals surface area contributed by atoms with E-state index in [1.54, 1.807) is 13.8 Å². The number of nitrogens with one attached hydrogen (secondary N) is 1. The Morgan fingerprint density at radius 2 is 1.94 bits per heavy atom. The van der Waals surface area contributed by atoms with Crippen LogP contribution in [0, 0.1) is 0 Å². The fourth-order valence-electron chi connectivity index (χ4n) is 1.27. The average Bonchev–Trinajstić information content (AvgIpc) is 2.28. The second kappa shape index (κ2) is 7.92. The maximum Gasteiger partial charge on any atom is 0.411 e. The van der Waals surface area contributed by atoms with E-state index in [4.69, 9.17) is 4.74 Å². The largest absolute Gasteiger partial charge is 0.463 e. The molecule has 0 fully saturated rings. The lowest BCUT2D eigenvalue weighted by Gasteiger charge is -2.28. The summed E-state index contributed by atoms with van der Waals surface area (Å²) in [4.78, 5) is 24.3. The zero-order valence-electron chi connectivity index (χ0n) is 10.3. The van der Waals surface area contributed by atoms with Crippen molar-refractivity contribution >= 4 is 12.1 Å². The minimum atomic E-state index is -0.789. The standard InChI is InChI=1S/C10H20N2O4/c1-5-11-8(9(13)16-7-3)12(6-2)10(14)15-4/h8,11H,5-7H2,1-4H3. The summed E-state index contributed by atoms with van der Waals surface area (Å²) < 4.78 is 9.48. The van der Waals surface area contributed by atoms with E-state index in [0.29, 0.717) is 13.1 Å². The molecule has 0 aliphatic heterocycles. The monoisotopic (exact) mass is 232 g/mol. The van der Waals surface area contributed by atoms with Crippen LogP contribution in [-0.2, 0) is 14.3 Å². The molecule has 94 valence electrons. The number of hydrogen-bond donors (Lipinski definition) is 1. The molecule has 0 saturated heterocycles. The topological polar surface area (TPSA) is 67.9 Å². The number of nitrogens with zero attached hydrogens (tertiary/aromatic N) is 1. The van der Waals surface area contributed by atoms with Crippen molar-refractivity contribution in [3.8, 4) is 0 Å². The molecule has 16 heavy (non-hydrogen) atoms. The van der Waals surface area contributed by atoms with Crippen molar-refractivity contribution < 1.29 is 19.1 Å². The smallest absolute Gasteiger partial charge is 0.411 e. The first kappa shape index (κ1) is 14.7. The summed E-state index contributed by atoms with van der Waals surface area (Å²) in [5, 5.41) is 2.88. The summed E-state index contributed by atoms with van der Waals surface area (Å²) >= 11 is 0. The number of likely N-dealkylation sites (N-methyl/N-ethyl adjacent to an activating group) is 2. The molecule has 1 atom stereocenters. The maximum atomic E-state index is 11.6. The molecule has 1 N–H and O–H groups in total. The van der Waals surface area contributed by atoms with Gasteiger partial charge in [0.1, 0.15) is 0 Å². The first-order valence-electron chi connectivity index (χ1n) is 5.36. The molecule has 0 aliphatic rings. The fraction of sp³-hybridized carbons (Fsp3) is 0.800. The highest BCUT2D eigenvalue weighted by molar-refractivity contribution is 5.81. The number of ether oxygens (including phenoxy) is 2. The summed E-state index contributed by atoms with van der Waals surface area (Å²) in [6, 6.07) is 0. The van der Waals surface area contributed by atoms with E-state index in [-0.39, 0.29) is 6.61 Å². The molecule has 0 spiro atoms. The zero-order chi connectivity index (χ0) is 12.6. The van der Waals surface area contributed by atoms with Gasteiger partial charge in [-0.05, 0) is 20.4 Å². The highest BCUT2D eigenvalue weighted by atomic mass is 16.6. The van der Waals surface area contributed by atoms with Crippen molar-refractivity contribution in [2.24, 2.45) is 0 Å². The highest BCUT2D eigenvalue weighted by Crippen LogP contribution is 2.02. The van der Waals surface area contributed by atoms with Crippen LogP contribution >= 0.6 is 0 Å². The molecule has 0 aromatic carbocycles. The first-order chi connectivity index (χ1) is 7.62. The van der Waals surface area contributed by atoms with Gasteiger partial charge in [-0.1, -0.05) is 6.92 Å². The fourth-order valence-corrected chi connectivity index (χ4v) is 1.27. The zero-order valence-corrected chi connectivity index (χ0v) is 10.3. The molecular formula is C10H20N2O4. The lowest BCUT2D eigenvalue weighted by atomic mass is 10.4. The third-order valence-electron chi connectivity index (χ3n) is 1.97.